The Morgan fingerprint density at radius 1 is 1.31 bits per heavy atom. The number of nitrogens with one attached hydrogen (secondary N) is 1. The molecule has 1 N–H and O–H groups in total. The molecule has 1 fully saturated rings. The van der Waals surface area contributed by atoms with E-state index in [1.165, 1.54) is 10.5 Å². The van der Waals surface area contributed by atoms with Gasteiger partial charge in [-0.2, -0.15) is 4.31 Å². The lowest BCUT2D eigenvalue weighted by Gasteiger charge is -2.29. The highest BCUT2D eigenvalue weighted by atomic mass is 35.5. The first-order chi connectivity index (χ1) is 12.3. The van der Waals surface area contributed by atoms with Crippen molar-refractivity contribution in [3.8, 4) is 0 Å². The first-order valence-electron chi connectivity index (χ1n) is 8.34. The van der Waals surface area contributed by atoms with Crippen molar-refractivity contribution in [1.82, 2.24) is 13.9 Å². The van der Waals surface area contributed by atoms with Gasteiger partial charge in [-0.15, -0.1) is 0 Å². The molecule has 0 spiro atoms. The van der Waals surface area contributed by atoms with Crippen molar-refractivity contribution in [3.63, 3.8) is 0 Å². The number of rotatable bonds is 4. The number of halogens is 1. The molecule has 7 nitrogen and oxygen atoms in total. The number of benzene rings is 1. The minimum Gasteiger partial charge on any atom is -0.337 e. The van der Waals surface area contributed by atoms with Crippen LogP contribution in [0.25, 0.3) is 0 Å². The van der Waals surface area contributed by atoms with Crippen LogP contribution >= 0.6 is 11.6 Å². The van der Waals surface area contributed by atoms with E-state index >= 15 is 0 Å². The number of carbonyl (C=O) groups is 1. The zero-order valence-electron chi connectivity index (χ0n) is 14.6. The number of aromatic nitrogens is 2. The van der Waals surface area contributed by atoms with Crippen molar-refractivity contribution >= 4 is 33.2 Å². The Bertz CT molecular complexity index is 898. The average molecular weight is 397 g/mol. The topological polar surface area (TPSA) is 84.3 Å². The van der Waals surface area contributed by atoms with E-state index in [4.69, 9.17) is 11.6 Å². The summed E-state index contributed by atoms with van der Waals surface area (Å²) in [4.78, 5) is 16.5. The summed E-state index contributed by atoms with van der Waals surface area (Å²) < 4.78 is 28.5. The maximum absolute atomic E-state index is 12.7. The van der Waals surface area contributed by atoms with Crippen LogP contribution in [0, 0.1) is 12.8 Å². The largest absolute Gasteiger partial charge is 0.337 e. The second kappa shape index (κ2) is 7.38. The Labute approximate surface area is 158 Å². The minimum atomic E-state index is -3.63. The van der Waals surface area contributed by atoms with Crippen LogP contribution in [0.3, 0.4) is 0 Å². The van der Waals surface area contributed by atoms with E-state index in [0.29, 0.717) is 42.5 Å². The SMILES string of the molecule is Cc1nc(S(=O)(=O)N2CCC(C(=O)Nc3cccc(Cl)c3)CC2)cn1C. The molecule has 1 aliphatic rings. The van der Waals surface area contributed by atoms with Crippen LogP contribution < -0.4 is 5.32 Å². The molecule has 0 atom stereocenters. The highest BCUT2D eigenvalue weighted by Gasteiger charge is 2.33. The van der Waals surface area contributed by atoms with Crippen molar-refractivity contribution in [1.29, 1.82) is 0 Å². The first kappa shape index (κ1) is 18.9. The highest BCUT2D eigenvalue weighted by molar-refractivity contribution is 7.89. The van der Waals surface area contributed by atoms with E-state index in [1.54, 1.807) is 42.8 Å². The second-order valence-corrected chi connectivity index (χ2v) is 8.74. The van der Waals surface area contributed by atoms with Gasteiger partial charge in [0.1, 0.15) is 5.82 Å². The standard InChI is InChI=1S/C17H21ClN4O3S/c1-12-19-16(11-21(12)2)26(24,25)22-8-6-13(7-9-22)17(23)20-15-5-3-4-14(18)10-15/h3-5,10-11,13H,6-9H2,1-2H3,(H,20,23). The van der Waals surface area contributed by atoms with Gasteiger partial charge in [-0.3, -0.25) is 4.79 Å². The fourth-order valence-electron chi connectivity index (χ4n) is 2.95. The molecule has 2 heterocycles. The number of nitrogens with zero attached hydrogens (tertiary/aromatic N) is 3. The summed E-state index contributed by atoms with van der Waals surface area (Å²) in [5.74, 6) is 0.295. The highest BCUT2D eigenvalue weighted by Crippen LogP contribution is 2.25. The molecular weight excluding hydrogens is 376 g/mol. The summed E-state index contributed by atoms with van der Waals surface area (Å²) in [6.45, 7) is 2.35. The molecule has 1 aromatic carbocycles. The van der Waals surface area contributed by atoms with Crippen LogP contribution in [-0.4, -0.2) is 41.3 Å². The van der Waals surface area contributed by atoms with Crippen LogP contribution in [0.1, 0.15) is 18.7 Å². The molecule has 1 amide bonds. The van der Waals surface area contributed by atoms with Gasteiger partial charge in [-0.05, 0) is 38.0 Å². The maximum Gasteiger partial charge on any atom is 0.262 e. The minimum absolute atomic E-state index is 0.0549. The molecule has 0 bridgehead atoms. The number of hydrogen-bond donors (Lipinski definition) is 1. The molecule has 0 unspecified atom stereocenters. The molecule has 26 heavy (non-hydrogen) atoms. The lowest BCUT2D eigenvalue weighted by molar-refractivity contribution is -0.120. The van der Waals surface area contributed by atoms with Crippen molar-refractivity contribution in [3.05, 3.63) is 41.3 Å². The molecule has 0 radical (unpaired) electrons. The van der Waals surface area contributed by atoms with E-state index in [9.17, 15) is 13.2 Å². The second-order valence-electron chi connectivity index (χ2n) is 6.42. The van der Waals surface area contributed by atoms with Gasteiger partial charge in [-0.1, -0.05) is 17.7 Å². The molecule has 9 heteroatoms. The van der Waals surface area contributed by atoms with Gasteiger partial charge in [-0.25, -0.2) is 13.4 Å². The number of piperidine rings is 1. The van der Waals surface area contributed by atoms with E-state index in [1.807, 2.05) is 0 Å². The number of imidazole rings is 1. The summed E-state index contributed by atoms with van der Waals surface area (Å²) in [6, 6.07) is 6.96. The van der Waals surface area contributed by atoms with Gasteiger partial charge in [0.15, 0.2) is 5.03 Å². The third-order valence-electron chi connectivity index (χ3n) is 4.61. The number of carbonyl (C=O) groups excluding carboxylic acids is 1. The van der Waals surface area contributed by atoms with Crippen molar-refractivity contribution in [2.75, 3.05) is 18.4 Å². The number of hydrogen-bond acceptors (Lipinski definition) is 4. The monoisotopic (exact) mass is 396 g/mol. The van der Waals surface area contributed by atoms with Crippen LogP contribution in [0.5, 0.6) is 0 Å². The molecule has 140 valence electrons. The normalized spacial score (nSPS) is 16.6. The van der Waals surface area contributed by atoms with Gasteiger partial charge in [0.05, 0.1) is 0 Å². The van der Waals surface area contributed by atoms with Crippen LogP contribution in [0.4, 0.5) is 5.69 Å². The number of anilines is 1. The summed E-state index contributed by atoms with van der Waals surface area (Å²) in [5.41, 5.74) is 0.640. The van der Waals surface area contributed by atoms with Crippen molar-refractivity contribution in [2.45, 2.75) is 24.8 Å². The summed E-state index contributed by atoms with van der Waals surface area (Å²) >= 11 is 5.92. The molecular formula is C17H21ClN4O3S. The van der Waals surface area contributed by atoms with E-state index in [0.717, 1.165) is 0 Å². The van der Waals surface area contributed by atoms with Gasteiger partial charge >= 0.3 is 0 Å². The molecule has 1 aliphatic heterocycles. The summed E-state index contributed by atoms with van der Waals surface area (Å²) in [6.07, 6.45) is 2.46. The first-order valence-corrected chi connectivity index (χ1v) is 10.2. The molecule has 1 saturated heterocycles. The molecule has 3 rings (SSSR count). The average Bonchev–Trinajstić information content (AvgIpc) is 2.95. The lowest BCUT2D eigenvalue weighted by Crippen LogP contribution is -2.41. The lowest BCUT2D eigenvalue weighted by atomic mass is 9.97. The van der Waals surface area contributed by atoms with Crippen LogP contribution in [-0.2, 0) is 21.9 Å². The summed E-state index contributed by atoms with van der Waals surface area (Å²) in [5, 5.41) is 3.45. The van der Waals surface area contributed by atoms with Crippen molar-refractivity contribution < 1.29 is 13.2 Å². The predicted octanol–water partition coefficient (Wildman–Crippen LogP) is 2.42. The Morgan fingerprint density at radius 3 is 2.58 bits per heavy atom. The van der Waals surface area contributed by atoms with E-state index < -0.39 is 10.0 Å². The Kier molecular flexibility index (Phi) is 5.36. The molecule has 0 aliphatic carbocycles. The molecule has 2 aromatic rings. The maximum atomic E-state index is 12.7. The van der Waals surface area contributed by atoms with Gasteiger partial charge in [0, 0.05) is 43.0 Å². The Balaban J connectivity index is 1.62. The zero-order valence-corrected chi connectivity index (χ0v) is 16.2. The number of aryl methyl sites for hydroxylation is 2. The quantitative estimate of drug-likeness (QED) is 0.860. The smallest absolute Gasteiger partial charge is 0.262 e. The zero-order chi connectivity index (χ0) is 18.9. The third-order valence-corrected chi connectivity index (χ3v) is 6.61. The van der Waals surface area contributed by atoms with Gasteiger partial charge in [0.25, 0.3) is 10.0 Å². The van der Waals surface area contributed by atoms with Gasteiger partial charge in [0.2, 0.25) is 5.91 Å². The molecule has 0 saturated carbocycles. The van der Waals surface area contributed by atoms with Gasteiger partial charge < -0.3 is 9.88 Å². The third kappa shape index (κ3) is 3.92. The predicted molar refractivity (Wildman–Crippen MR) is 99.5 cm³/mol. The Morgan fingerprint density at radius 2 is 2.00 bits per heavy atom. The summed E-state index contributed by atoms with van der Waals surface area (Å²) in [7, 11) is -1.87. The Hall–Kier alpha value is -1.90. The van der Waals surface area contributed by atoms with E-state index in [2.05, 4.69) is 10.3 Å². The fourth-order valence-corrected chi connectivity index (χ4v) is 4.64. The number of sulfonamides is 1. The van der Waals surface area contributed by atoms with E-state index in [-0.39, 0.29) is 16.9 Å². The number of amides is 1. The fraction of sp³-hybridized carbons (Fsp3) is 0.412. The molecule has 1 aromatic heterocycles. The van der Waals surface area contributed by atoms with Crippen LogP contribution in [0.15, 0.2) is 35.5 Å². The van der Waals surface area contributed by atoms with Crippen LogP contribution in [0.2, 0.25) is 5.02 Å². The van der Waals surface area contributed by atoms with Crippen molar-refractivity contribution in [2.24, 2.45) is 13.0 Å².